The zero-order chi connectivity index (χ0) is 15.3. The van der Waals surface area contributed by atoms with Crippen LogP contribution in [0, 0.1) is 5.41 Å². The van der Waals surface area contributed by atoms with Crippen molar-refractivity contribution in [3.8, 4) is 0 Å². The van der Waals surface area contributed by atoms with Gasteiger partial charge in [-0.25, -0.2) is 13.1 Å². The summed E-state index contributed by atoms with van der Waals surface area (Å²) in [4.78, 5) is 0. The van der Waals surface area contributed by atoms with Gasteiger partial charge in [-0.3, -0.25) is 0 Å². The van der Waals surface area contributed by atoms with Gasteiger partial charge in [-0.05, 0) is 18.3 Å². The molecular weight excluding hydrogens is 347 g/mol. The molecule has 19 heavy (non-hydrogen) atoms. The van der Waals surface area contributed by atoms with Gasteiger partial charge in [-0.2, -0.15) is 13.2 Å². The minimum atomic E-state index is -4.31. The summed E-state index contributed by atoms with van der Waals surface area (Å²) < 4.78 is 62.0. The van der Waals surface area contributed by atoms with E-state index in [9.17, 15) is 21.6 Å². The Morgan fingerprint density at radius 3 is 2.11 bits per heavy atom. The lowest BCUT2D eigenvalue weighted by Gasteiger charge is -2.30. The molecule has 3 nitrogen and oxygen atoms in total. The summed E-state index contributed by atoms with van der Waals surface area (Å²) in [7, 11) is -3.68. The minimum absolute atomic E-state index is 0.287. The first-order chi connectivity index (χ1) is 8.37. The molecule has 116 valence electrons. The number of halogens is 4. The van der Waals surface area contributed by atoms with E-state index in [1.54, 1.807) is 0 Å². The molecule has 0 radical (unpaired) electrons. The van der Waals surface area contributed by atoms with Gasteiger partial charge in [-0.1, -0.05) is 36.7 Å². The third-order valence-electron chi connectivity index (χ3n) is 2.64. The first-order valence-electron chi connectivity index (χ1n) is 6.00. The number of nitrogens with one attached hydrogen (secondary N) is 1. The molecule has 0 amide bonds. The summed E-state index contributed by atoms with van der Waals surface area (Å²) in [5.74, 6) is -0.499. The third kappa shape index (κ3) is 9.67. The zero-order valence-electron chi connectivity index (χ0n) is 11.3. The van der Waals surface area contributed by atoms with Crippen LogP contribution in [0.3, 0.4) is 0 Å². The standard InChI is InChI=1S/C11H21BrF3NO2S/c1-10(2,3)9(5-7-12)16-19(17,18)8-4-6-11(13,14)15/h9,16H,4-8H2,1-3H3. The van der Waals surface area contributed by atoms with Gasteiger partial charge >= 0.3 is 6.18 Å². The molecule has 0 fully saturated rings. The van der Waals surface area contributed by atoms with Gasteiger partial charge in [-0.15, -0.1) is 0 Å². The average molecular weight is 368 g/mol. The Morgan fingerprint density at radius 1 is 1.21 bits per heavy atom. The molecule has 0 rings (SSSR count). The second-order valence-electron chi connectivity index (χ2n) is 5.55. The van der Waals surface area contributed by atoms with E-state index in [4.69, 9.17) is 0 Å². The van der Waals surface area contributed by atoms with E-state index in [1.807, 2.05) is 20.8 Å². The molecule has 0 heterocycles. The summed E-state index contributed by atoms with van der Waals surface area (Å²) >= 11 is 3.25. The zero-order valence-corrected chi connectivity index (χ0v) is 13.8. The molecule has 0 spiro atoms. The molecule has 0 aliphatic carbocycles. The monoisotopic (exact) mass is 367 g/mol. The molecule has 0 saturated carbocycles. The minimum Gasteiger partial charge on any atom is -0.212 e. The summed E-state index contributed by atoms with van der Waals surface area (Å²) in [6.07, 6.45) is -5.21. The molecule has 0 aliphatic rings. The number of rotatable bonds is 7. The Hall–Kier alpha value is 0.180. The van der Waals surface area contributed by atoms with Crippen molar-refractivity contribution in [3.05, 3.63) is 0 Å². The number of sulfonamides is 1. The maximum atomic E-state index is 12.0. The smallest absolute Gasteiger partial charge is 0.212 e. The first-order valence-corrected chi connectivity index (χ1v) is 8.77. The van der Waals surface area contributed by atoms with Gasteiger partial charge in [0.25, 0.3) is 0 Å². The summed E-state index contributed by atoms with van der Waals surface area (Å²) in [6, 6.07) is -0.303. The van der Waals surface area contributed by atoms with Gasteiger partial charge < -0.3 is 0 Å². The fraction of sp³-hybridized carbons (Fsp3) is 1.00. The van der Waals surface area contributed by atoms with Crippen LogP contribution >= 0.6 is 15.9 Å². The molecule has 0 bridgehead atoms. The Labute approximate surface area is 121 Å². The lowest BCUT2D eigenvalue weighted by Crippen LogP contribution is -2.44. The molecule has 1 unspecified atom stereocenters. The van der Waals surface area contributed by atoms with E-state index in [0.717, 1.165) is 0 Å². The second-order valence-corrected chi connectivity index (χ2v) is 8.22. The Bertz CT molecular complexity index is 363. The van der Waals surface area contributed by atoms with Crippen LogP contribution in [0.1, 0.15) is 40.0 Å². The van der Waals surface area contributed by atoms with Gasteiger partial charge in [0.15, 0.2) is 0 Å². The third-order valence-corrected chi connectivity index (χ3v) is 4.57. The van der Waals surface area contributed by atoms with E-state index < -0.39 is 34.8 Å². The van der Waals surface area contributed by atoms with Crippen molar-refractivity contribution in [1.29, 1.82) is 0 Å². The Kier molecular flexibility index (Phi) is 7.33. The Morgan fingerprint density at radius 2 is 1.74 bits per heavy atom. The topological polar surface area (TPSA) is 46.2 Å². The Balaban J connectivity index is 4.48. The van der Waals surface area contributed by atoms with E-state index in [0.29, 0.717) is 11.8 Å². The molecule has 0 aromatic rings. The van der Waals surface area contributed by atoms with Gasteiger partial charge in [0.2, 0.25) is 10.0 Å². The van der Waals surface area contributed by atoms with Gasteiger partial charge in [0.05, 0.1) is 5.75 Å². The van der Waals surface area contributed by atoms with Crippen LogP contribution in [0.15, 0.2) is 0 Å². The lowest BCUT2D eigenvalue weighted by atomic mass is 9.86. The fourth-order valence-corrected chi connectivity index (χ4v) is 3.52. The maximum absolute atomic E-state index is 12.0. The molecule has 8 heteroatoms. The van der Waals surface area contributed by atoms with Crippen molar-refractivity contribution in [2.45, 2.75) is 52.3 Å². The molecule has 1 atom stereocenters. The van der Waals surface area contributed by atoms with Crippen molar-refractivity contribution in [3.63, 3.8) is 0 Å². The van der Waals surface area contributed by atoms with Crippen LogP contribution in [0.25, 0.3) is 0 Å². The maximum Gasteiger partial charge on any atom is 0.389 e. The van der Waals surface area contributed by atoms with Crippen LogP contribution < -0.4 is 4.72 Å². The fourth-order valence-electron chi connectivity index (χ4n) is 1.52. The SMILES string of the molecule is CC(C)(C)C(CCBr)NS(=O)(=O)CCCC(F)(F)F. The lowest BCUT2D eigenvalue weighted by molar-refractivity contribution is -0.134. The molecule has 0 aromatic carbocycles. The summed E-state index contributed by atoms with van der Waals surface area (Å²) in [6.45, 7) is 5.66. The number of alkyl halides is 4. The molecule has 0 saturated heterocycles. The van der Waals surface area contributed by atoms with Crippen LogP contribution in [0.5, 0.6) is 0 Å². The number of hydrogen-bond acceptors (Lipinski definition) is 2. The normalized spacial score (nSPS) is 15.5. The quantitative estimate of drug-likeness (QED) is 0.700. The van der Waals surface area contributed by atoms with Crippen molar-refractivity contribution in [2.24, 2.45) is 5.41 Å². The van der Waals surface area contributed by atoms with Gasteiger partial charge in [0, 0.05) is 17.8 Å². The van der Waals surface area contributed by atoms with E-state index in [1.165, 1.54) is 0 Å². The average Bonchev–Trinajstić information content (AvgIpc) is 2.12. The van der Waals surface area contributed by atoms with Gasteiger partial charge in [0.1, 0.15) is 0 Å². The predicted octanol–water partition coefficient (Wildman–Crippen LogP) is 3.45. The largest absolute Gasteiger partial charge is 0.389 e. The van der Waals surface area contributed by atoms with Crippen LogP contribution in [0.4, 0.5) is 13.2 Å². The summed E-state index contributed by atoms with van der Waals surface area (Å²) in [5, 5.41) is 0.625. The van der Waals surface area contributed by atoms with E-state index >= 15 is 0 Å². The molecular formula is C11H21BrF3NO2S. The van der Waals surface area contributed by atoms with Crippen LogP contribution in [0.2, 0.25) is 0 Å². The summed E-state index contributed by atoms with van der Waals surface area (Å²) in [5.41, 5.74) is -0.287. The highest BCUT2D eigenvalue weighted by Gasteiger charge is 2.30. The van der Waals surface area contributed by atoms with Crippen molar-refractivity contribution < 1.29 is 21.6 Å². The van der Waals surface area contributed by atoms with E-state index in [-0.39, 0.29) is 11.5 Å². The van der Waals surface area contributed by atoms with Crippen molar-refractivity contribution >= 4 is 26.0 Å². The molecule has 0 aliphatic heterocycles. The van der Waals surface area contributed by atoms with E-state index in [2.05, 4.69) is 20.7 Å². The van der Waals surface area contributed by atoms with Crippen LogP contribution in [-0.2, 0) is 10.0 Å². The van der Waals surface area contributed by atoms with Crippen LogP contribution in [-0.4, -0.2) is 31.7 Å². The second kappa shape index (κ2) is 7.26. The number of hydrogen-bond donors (Lipinski definition) is 1. The highest BCUT2D eigenvalue weighted by atomic mass is 79.9. The van der Waals surface area contributed by atoms with Crippen molar-refractivity contribution in [2.75, 3.05) is 11.1 Å². The highest BCUT2D eigenvalue weighted by molar-refractivity contribution is 9.09. The van der Waals surface area contributed by atoms with Crippen molar-refractivity contribution in [1.82, 2.24) is 4.72 Å². The first kappa shape index (κ1) is 19.2. The predicted molar refractivity (Wildman–Crippen MR) is 73.9 cm³/mol. The molecule has 1 N–H and O–H groups in total. The highest BCUT2D eigenvalue weighted by Crippen LogP contribution is 2.24. The molecule has 0 aromatic heterocycles.